The van der Waals surface area contributed by atoms with Crippen LogP contribution in [0.2, 0.25) is 0 Å². The third-order valence-corrected chi connectivity index (χ3v) is 3.04. The van der Waals surface area contributed by atoms with Crippen LogP contribution in [-0.2, 0) is 4.74 Å². The van der Waals surface area contributed by atoms with Crippen molar-refractivity contribution in [2.45, 2.75) is 18.9 Å². The van der Waals surface area contributed by atoms with Crippen molar-refractivity contribution in [3.8, 4) is 23.3 Å². The van der Waals surface area contributed by atoms with Gasteiger partial charge in [0, 0.05) is 25.0 Å². The molecule has 0 amide bonds. The average Bonchev–Trinajstić information content (AvgIpc) is 2.48. The fraction of sp³-hybridized carbons (Fsp3) is 0.500. The second-order valence-electron chi connectivity index (χ2n) is 4.25. The van der Waals surface area contributed by atoms with E-state index in [1.807, 2.05) is 0 Å². The van der Waals surface area contributed by atoms with Gasteiger partial charge in [-0.15, -0.1) is 0 Å². The minimum Gasteiger partial charge on any atom is -0.493 e. The molecule has 0 aromatic heterocycles. The molecular weight excluding hydrogens is 246 g/mol. The molecule has 0 N–H and O–H groups in total. The Balaban J connectivity index is 2.28. The Kier molecular flexibility index (Phi) is 4.48. The number of nitrogens with zero attached hydrogens (tertiary/aromatic N) is 1. The van der Waals surface area contributed by atoms with Gasteiger partial charge < -0.3 is 18.9 Å². The second kappa shape index (κ2) is 6.30. The quantitative estimate of drug-likeness (QED) is 0.832. The molecule has 0 spiro atoms. The predicted octanol–water partition coefficient (Wildman–Crippen LogP) is 2.13. The summed E-state index contributed by atoms with van der Waals surface area (Å²) in [5.41, 5.74) is 0.480. The van der Waals surface area contributed by atoms with Crippen molar-refractivity contribution < 1.29 is 18.9 Å². The maximum absolute atomic E-state index is 8.97. The summed E-state index contributed by atoms with van der Waals surface area (Å²) in [5, 5.41) is 8.97. The Morgan fingerprint density at radius 1 is 1.16 bits per heavy atom. The van der Waals surface area contributed by atoms with Crippen molar-refractivity contribution in [1.29, 1.82) is 5.26 Å². The number of ether oxygens (including phenoxy) is 4. The van der Waals surface area contributed by atoms with Gasteiger partial charge in [0.15, 0.2) is 11.5 Å². The lowest BCUT2D eigenvalue weighted by atomic mass is 10.1. The largest absolute Gasteiger partial charge is 0.493 e. The van der Waals surface area contributed by atoms with Gasteiger partial charge in [-0.3, -0.25) is 0 Å². The number of benzene rings is 1. The fourth-order valence-electron chi connectivity index (χ4n) is 2.02. The van der Waals surface area contributed by atoms with Crippen LogP contribution in [0.15, 0.2) is 12.1 Å². The van der Waals surface area contributed by atoms with Gasteiger partial charge >= 0.3 is 0 Å². The highest BCUT2D eigenvalue weighted by Crippen LogP contribution is 2.39. The van der Waals surface area contributed by atoms with Gasteiger partial charge in [-0.25, -0.2) is 0 Å². The van der Waals surface area contributed by atoms with Crippen LogP contribution in [0.3, 0.4) is 0 Å². The van der Waals surface area contributed by atoms with Gasteiger partial charge in [-0.05, 0) is 0 Å². The number of nitriles is 1. The molecule has 1 aromatic carbocycles. The zero-order chi connectivity index (χ0) is 13.7. The molecule has 0 saturated carbocycles. The van der Waals surface area contributed by atoms with Crippen LogP contribution >= 0.6 is 0 Å². The van der Waals surface area contributed by atoms with Crippen LogP contribution < -0.4 is 14.2 Å². The van der Waals surface area contributed by atoms with Crippen LogP contribution in [-0.4, -0.2) is 33.5 Å². The monoisotopic (exact) mass is 263 g/mol. The van der Waals surface area contributed by atoms with E-state index < -0.39 is 0 Å². The lowest BCUT2D eigenvalue weighted by molar-refractivity contribution is 0.0235. The summed E-state index contributed by atoms with van der Waals surface area (Å²) in [7, 11) is 3.10. The van der Waals surface area contributed by atoms with Gasteiger partial charge in [0.1, 0.15) is 6.10 Å². The highest BCUT2D eigenvalue weighted by Gasteiger charge is 2.21. The first-order valence-corrected chi connectivity index (χ1v) is 6.19. The maximum atomic E-state index is 8.97. The molecule has 5 nitrogen and oxygen atoms in total. The Hall–Kier alpha value is -1.93. The average molecular weight is 263 g/mol. The van der Waals surface area contributed by atoms with Gasteiger partial charge in [0.25, 0.3) is 0 Å². The molecule has 0 bridgehead atoms. The number of rotatable bonds is 4. The molecule has 1 aromatic rings. The SMILES string of the molecule is COc1cc(C#N)cc(OC)c1OC1CCOCC1. The van der Waals surface area contributed by atoms with Gasteiger partial charge in [0.2, 0.25) is 5.75 Å². The molecule has 5 heteroatoms. The van der Waals surface area contributed by atoms with Crippen molar-refractivity contribution in [3.05, 3.63) is 17.7 Å². The van der Waals surface area contributed by atoms with Crippen LogP contribution in [0.1, 0.15) is 18.4 Å². The Morgan fingerprint density at radius 3 is 2.21 bits per heavy atom. The smallest absolute Gasteiger partial charge is 0.203 e. The van der Waals surface area contributed by atoms with Crippen molar-refractivity contribution in [2.75, 3.05) is 27.4 Å². The molecule has 1 heterocycles. The van der Waals surface area contributed by atoms with Crippen LogP contribution in [0.5, 0.6) is 17.2 Å². The lowest BCUT2D eigenvalue weighted by Gasteiger charge is -2.25. The van der Waals surface area contributed by atoms with Gasteiger partial charge in [-0.1, -0.05) is 0 Å². The first kappa shape index (κ1) is 13.5. The molecule has 19 heavy (non-hydrogen) atoms. The molecule has 0 unspecified atom stereocenters. The van der Waals surface area contributed by atoms with E-state index >= 15 is 0 Å². The summed E-state index contributed by atoms with van der Waals surface area (Å²) in [4.78, 5) is 0. The van der Waals surface area contributed by atoms with Crippen LogP contribution in [0.4, 0.5) is 0 Å². The van der Waals surface area contributed by atoms with Crippen LogP contribution in [0.25, 0.3) is 0 Å². The number of hydrogen-bond donors (Lipinski definition) is 0. The van der Waals surface area contributed by atoms with E-state index in [0.29, 0.717) is 36.0 Å². The molecule has 0 aliphatic carbocycles. The van der Waals surface area contributed by atoms with E-state index in [1.54, 1.807) is 26.4 Å². The second-order valence-corrected chi connectivity index (χ2v) is 4.25. The molecular formula is C14H17NO4. The molecule has 1 aliphatic heterocycles. The summed E-state index contributed by atoms with van der Waals surface area (Å²) in [6.07, 6.45) is 1.77. The van der Waals surface area contributed by atoms with Crippen molar-refractivity contribution in [2.24, 2.45) is 0 Å². The molecule has 1 aliphatic rings. The maximum Gasteiger partial charge on any atom is 0.203 e. The molecule has 2 rings (SSSR count). The molecule has 0 radical (unpaired) electrons. The zero-order valence-corrected chi connectivity index (χ0v) is 11.1. The summed E-state index contributed by atoms with van der Waals surface area (Å²) in [5.74, 6) is 1.58. The summed E-state index contributed by atoms with van der Waals surface area (Å²) in [6, 6.07) is 5.37. The zero-order valence-electron chi connectivity index (χ0n) is 11.1. The Bertz CT molecular complexity index is 450. The van der Waals surface area contributed by atoms with Crippen molar-refractivity contribution in [3.63, 3.8) is 0 Å². The van der Waals surface area contributed by atoms with E-state index in [-0.39, 0.29) is 6.10 Å². The van der Waals surface area contributed by atoms with E-state index in [9.17, 15) is 0 Å². The molecule has 1 fully saturated rings. The summed E-state index contributed by atoms with van der Waals surface area (Å²) >= 11 is 0. The Labute approximate surface area is 112 Å². The van der Waals surface area contributed by atoms with Crippen molar-refractivity contribution >= 4 is 0 Å². The highest BCUT2D eigenvalue weighted by atomic mass is 16.5. The van der Waals surface area contributed by atoms with E-state index in [2.05, 4.69) is 6.07 Å². The Morgan fingerprint density at radius 2 is 1.74 bits per heavy atom. The third kappa shape index (κ3) is 3.09. The third-order valence-electron chi connectivity index (χ3n) is 3.04. The molecule has 1 saturated heterocycles. The topological polar surface area (TPSA) is 60.7 Å². The predicted molar refractivity (Wildman–Crippen MR) is 68.7 cm³/mol. The van der Waals surface area contributed by atoms with Gasteiger partial charge in [0.05, 0.1) is 39.1 Å². The van der Waals surface area contributed by atoms with Gasteiger partial charge in [-0.2, -0.15) is 5.26 Å². The summed E-state index contributed by atoms with van der Waals surface area (Å²) < 4.78 is 21.8. The minimum atomic E-state index is 0.0875. The highest BCUT2D eigenvalue weighted by molar-refractivity contribution is 5.56. The standard InChI is InChI=1S/C14H17NO4/c1-16-12-7-10(9-15)8-13(17-2)14(12)19-11-3-5-18-6-4-11/h7-8,11H,3-6H2,1-2H3. The number of methoxy groups -OCH3 is 2. The van der Waals surface area contributed by atoms with E-state index in [1.165, 1.54) is 0 Å². The first-order chi connectivity index (χ1) is 9.28. The first-order valence-electron chi connectivity index (χ1n) is 6.19. The minimum absolute atomic E-state index is 0.0875. The van der Waals surface area contributed by atoms with E-state index in [4.69, 9.17) is 24.2 Å². The van der Waals surface area contributed by atoms with Crippen molar-refractivity contribution in [1.82, 2.24) is 0 Å². The fourth-order valence-corrected chi connectivity index (χ4v) is 2.02. The van der Waals surface area contributed by atoms with E-state index in [0.717, 1.165) is 12.8 Å². The van der Waals surface area contributed by atoms with Crippen LogP contribution in [0, 0.1) is 11.3 Å². The number of hydrogen-bond acceptors (Lipinski definition) is 5. The molecule has 0 atom stereocenters. The normalized spacial score (nSPS) is 15.6. The molecule has 102 valence electrons. The summed E-state index contributed by atoms with van der Waals surface area (Å²) in [6.45, 7) is 1.40. The lowest BCUT2D eigenvalue weighted by Crippen LogP contribution is -2.26.